The molecule has 3 aliphatic rings. The maximum atomic E-state index is 13.1. The van der Waals surface area contributed by atoms with Crippen molar-refractivity contribution in [3.05, 3.63) is 29.5 Å². The highest BCUT2D eigenvalue weighted by Gasteiger charge is 2.54. The SMILES string of the molecule is COc1ccc2c3c([nH]c2c1)[C@H](CO)N(C(=O)CN(C)C)CC31CN(CC2CC2)C1. The third kappa shape index (κ3) is 3.20. The van der Waals surface area contributed by atoms with E-state index in [0.717, 1.165) is 36.0 Å². The van der Waals surface area contributed by atoms with Crippen molar-refractivity contribution in [1.29, 1.82) is 0 Å². The Morgan fingerprint density at radius 1 is 1.30 bits per heavy atom. The molecule has 1 atom stereocenters. The fourth-order valence-electron chi connectivity index (χ4n) is 5.49. The Bertz CT molecular complexity index is 959. The fraction of sp³-hybridized carbons (Fsp3) is 0.609. The molecule has 1 saturated carbocycles. The van der Waals surface area contributed by atoms with Gasteiger partial charge in [0.25, 0.3) is 0 Å². The second-order valence-corrected chi connectivity index (χ2v) is 9.68. The van der Waals surface area contributed by atoms with Gasteiger partial charge in [-0.1, -0.05) is 0 Å². The number of aliphatic hydroxyl groups is 1. The fourth-order valence-corrected chi connectivity index (χ4v) is 5.49. The lowest BCUT2D eigenvalue weighted by Crippen LogP contribution is -2.67. The lowest BCUT2D eigenvalue weighted by molar-refractivity contribution is -0.139. The summed E-state index contributed by atoms with van der Waals surface area (Å²) in [5.41, 5.74) is 3.22. The number of carbonyl (C=O) groups is 1. The number of benzene rings is 1. The third-order valence-corrected chi connectivity index (χ3v) is 6.96. The van der Waals surface area contributed by atoms with Gasteiger partial charge >= 0.3 is 0 Å². The monoisotopic (exact) mass is 412 g/mol. The van der Waals surface area contributed by atoms with E-state index in [9.17, 15) is 9.90 Å². The number of methoxy groups -OCH3 is 1. The van der Waals surface area contributed by atoms with Crippen LogP contribution in [0.3, 0.4) is 0 Å². The van der Waals surface area contributed by atoms with E-state index in [1.807, 2.05) is 36.0 Å². The van der Waals surface area contributed by atoms with Crippen molar-refractivity contribution in [2.45, 2.75) is 24.3 Å². The number of H-pyrrole nitrogens is 1. The number of aromatic nitrogens is 1. The van der Waals surface area contributed by atoms with Crippen LogP contribution in [0.2, 0.25) is 0 Å². The molecule has 3 heterocycles. The van der Waals surface area contributed by atoms with Crippen molar-refractivity contribution in [2.75, 3.05) is 60.5 Å². The van der Waals surface area contributed by atoms with Crippen molar-refractivity contribution in [2.24, 2.45) is 5.92 Å². The number of fused-ring (bicyclic) bond motifs is 4. The van der Waals surface area contributed by atoms with Crippen LogP contribution < -0.4 is 4.74 Å². The molecule has 1 aromatic carbocycles. The highest BCUT2D eigenvalue weighted by molar-refractivity contribution is 5.89. The summed E-state index contributed by atoms with van der Waals surface area (Å²) in [4.78, 5) is 23.0. The molecule has 5 rings (SSSR count). The van der Waals surface area contributed by atoms with E-state index >= 15 is 0 Å². The van der Waals surface area contributed by atoms with Crippen molar-refractivity contribution in [3.8, 4) is 5.75 Å². The molecule has 2 N–H and O–H groups in total. The number of amides is 1. The topological polar surface area (TPSA) is 72.0 Å². The zero-order valence-electron chi connectivity index (χ0n) is 18.1. The summed E-state index contributed by atoms with van der Waals surface area (Å²) in [6.45, 7) is 4.04. The summed E-state index contributed by atoms with van der Waals surface area (Å²) in [5.74, 6) is 1.73. The second-order valence-electron chi connectivity index (χ2n) is 9.68. The van der Waals surface area contributed by atoms with Crippen LogP contribution in [-0.4, -0.2) is 91.2 Å². The summed E-state index contributed by atoms with van der Waals surface area (Å²) in [6.07, 6.45) is 2.70. The van der Waals surface area contributed by atoms with E-state index < -0.39 is 0 Å². The Morgan fingerprint density at radius 3 is 2.70 bits per heavy atom. The van der Waals surface area contributed by atoms with Crippen LogP contribution >= 0.6 is 0 Å². The molecular formula is C23H32N4O3. The normalized spacial score (nSPS) is 23.1. The van der Waals surface area contributed by atoms with Gasteiger partial charge < -0.3 is 29.5 Å². The van der Waals surface area contributed by atoms with Gasteiger partial charge in [0.1, 0.15) is 5.75 Å². The zero-order valence-corrected chi connectivity index (χ0v) is 18.1. The van der Waals surface area contributed by atoms with E-state index in [1.165, 1.54) is 30.3 Å². The quantitative estimate of drug-likeness (QED) is 0.754. The lowest BCUT2D eigenvalue weighted by atomic mass is 9.68. The molecule has 2 aromatic rings. The first-order valence-electron chi connectivity index (χ1n) is 10.9. The van der Waals surface area contributed by atoms with Gasteiger partial charge in [-0.15, -0.1) is 0 Å². The van der Waals surface area contributed by atoms with Gasteiger partial charge in [0.2, 0.25) is 5.91 Å². The molecule has 0 bridgehead atoms. The van der Waals surface area contributed by atoms with E-state index in [2.05, 4.69) is 16.0 Å². The predicted octanol–water partition coefficient (Wildman–Crippen LogP) is 1.58. The van der Waals surface area contributed by atoms with Gasteiger partial charge in [0.15, 0.2) is 0 Å². The van der Waals surface area contributed by atoms with Crippen molar-refractivity contribution >= 4 is 16.8 Å². The summed E-state index contributed by atoms with van der Waals surface area (Å²) < 4.78 is 5.42. The van der Waals surface area contributed by atoms with Crippen LogP contribution in [0.15, 0.2) is 18.2 Å². The lowest BCUT2D eigenvalue weighted by Gasteiger charge is -2.56. The summed E-state index contributed by atoms with van der Waals surface area (Å²) in [6, 6.07) is 5.81. The highest BCUT2D eigenvalue weighted by Crippen LogP contribution is 2.49. The number of aromatic amines is 1. The van der Waals surface area contributed by atoms with Crippen LogP contribution in [0.4, 0.5) is 0 Å². The van der Waals surface area contributed by atoms with E-state index in [1.54, 1.807) is 7.11 Å². The molecule has 1 spiro atoms. The summed E-state index contributed by atoms with van der Waals surface area (Å²) in [7, 11) is 5.49. The number of hydrogen-bond acceptors (Lipinski definition) is 5. The van der Waals surface area contributed by atoms with E-state index in [0.29, 0.717) is 13.1 Å². The average molecular weight is 413 g/mol. The van der Waals surface area contributed by atoms with Crippen molar-refractivity contribution < 1.29 is 14.6 Å². The molecule has 0 radical (unpaired) electrons. The molecule has 1 aliphatic carbocycles. The number of rotatable bonds is 6. The van der Waals surface area contributed by atoms with Gasteiger partial charge in [-0.05, 0) is 50.6 Å². The summed E-state index contributed by atoms with van der Waals surface area (Å²) in [5, 5.41) is 11.5. The number of nitrogens with zero attached hydrogens (tertiary/aromatic N) is 3. The van der Waals surface area contributed by atoms with Crippen LogP contribution in [-0.2, 0) is 10.2 Å². The molecule has 7 nitrogen and oxygen atoms in total. The Kier molecular flexibility index (Phi) is 4.80. The molecule has 30 heavy (non-hydrogen) atoms. The first-order valence-corrected chi connectivity index (χ1v) is 10.9. The average Bonchev–Trinajstić information content (AvgIpc) is 3.42. The maximum absolute atomic E-state index is 13.1. The smallest absolute Gasteiger partial charge is 0.237 e. The van der Waals surface area contributed by atoms with Crippen LogP contribution in [0.25, 0.3) is 10.9 Å². The van der Waals surface area contributed by atoms with Crippen molar-refractivity contribution in [3.63, 3.8) is 0 Å². The third-order valence-electron chi connectivity index (χ3n) is 6.96. The Balaban J connectivity index is 1.57. The molecule has 7 heteroatoms. The van der Waals surface area contributed by atoms with E-state index in [4.69, 9.17) is 4.74 Å². The summed E-state index contributed by atoms with van der Waals surface area (Å²) >= 11 is 0. The van der Waals surface area contributed by atoms with Gasteiger partial charge in [-0.2, -0.15) is 0 Å². The Hall–Kier alpha value is -2.09. The number of carbonyl (C=O) groups excluding carboxylic acids is 1. The molecule has 162 valence electrons. The molecule has 1 aromatic heterocycles. The van der Waals surface area contributed by atoms with Crippen LogP contribution in [0.1, 0.15) is 30.1 Å². The van der Waals surface area contributed by atoms with Crippen LogP contribution in [0, 0.1) is 5.92 Å². The molecule has 0 unspecified atom stereocenters. The Morgan fingerprint density at radius 2 is 2.07 bits per heavy atom. The second kappa shape index (κ2) is 7.25. The molecule has 2 aliphatic heterocycles. The van der Waals surface area contributed by atoms with Gasteiger partial charge in [-0.3, -0.25) is 4.79 Å². The standard InChI is InChI=1S/C23H32N4O3/c1-25(2)10-20(29)27-14-23(12-26(13-23)9-15-4-5-15)21-17-7-6-16(30-3)8-18(17)24-22(21)19(27)11-28/h6-8,15,19,24,28H,4-5,9-14H2,1-3H3/t19-/m0/s1. The number of ether oxygens (including phenoxy) is 1. The Labute approximate surface area is 177 Å². The number of likely N-dealkylation sites (N-methyl/N-ethyl adjacent to an activating group) is 1. The molecule has 2 fully saturated rings. The number of aliphatic hydroxyl groups excluding tert-OH is 1. The minimum absolute atomic E-state index is 0.0703. The minimum Gasteiger partial charge on any atom is -0.497 e. The largest absolute Gasteiger partial charge is 0.497 e. The maximum Gasteiger partial charge on any atom is 0.237 e. The minimum atomic E-state index is -0.339. The van der Waals surface area contributed by atoms with Gasteiger partial charge in [0, 0.05) is 54.3 Å². The number of likely N-dealkylation sites (tertiary alicyclic amines) is 1. The molecular weight excluding hydrogens is 380 g/mol. The molecule has 1 saturated heterocycles. The highest BCUT2D eigenvalue weighted by atomic mass is 16.5. The number of hydrogen-bond donors (Lipinski definition) is 2. The zero-order chi connectivity index (χ0) is 21.0. The van der Waals surface area contributed by atoms with E-state index in [-0.39, 0.29) is 24.0 Å². The first-order chi connectivity index (χ1) is 14.4. The number of nitrogens with one attached hydrogen (secondary N) is 1. The first kappa shape index (κ1) is 19.8. The van der Waals surface area contributed by atoms with Gasteiger partial charge in [-0.25, -0.2) is 0 Å². The molecule has 1 amide bonds. The predicted molar refractivity (Wildman–Crippen MR) is 116 cm³/mol. The van der Waals surface area contributed by atoms with Gasteiger partial charge in [0.05, 0.1) is 26.3 Å². The van der Waals surface area contributed by atoms with Crippen LogP contribution in [0.5, 0.6) is 5.75 Å². The van der Waals surface area contributed by atoms with Crippen molar-refractivity contribution in [1.82, 2.24) is 19.7 Å².